The Hall–Kier alpha value is -0.880. The smallest absolute Gasteiger partial charge is 0.239 e. The lowest BCUT2D eigenvalue weighted by Gasteiger charge is -2.31. The van der Waals surface area contributed by atoms with Crippen molar-refractivity contribution in [2.24, 2.45) is 0 Å². The van der Waals surface area contributed by atoms with E-state index in [-0.39, 0.29) is 5.91 Å². The SMILES string of the molecule is CNC1CCCN(CC(=O)Nc2ncc(Cl)cc2Cl)C1. The third-order valence-corrected chi connectivity index (χ3v) is 3.84. The summed E-state index contributed by atoms with van der Waals surface area (Å²) in [5.74, 6) is 0.238. The average molecular weight is 317 g/mol. The zero-order valence-electron chi connectivity index (χ0n) is 11.3. The van der Waals surface area contributed by atoms with Crippen LogP contribution in [0.4, 0.5) is 5.82 Å². The maximum absolute atomic E-state index is 12.0. The highest BCUT2D eigenvalue weighted by Crippen LogP contribution is 2.22. The summed E-state index contributed by atoms with van der Waals surface area (Å²) in [5, 5.41) is 6.76. The van der Waals surface area contributed by atoms with Gasteiger partial charge in [-0.15, -0.1) is 0 Å². The summed E-state index contributed by atoms with van der Waals surface area (Å²) in [4.78, 5) is 18.2. The predicted molar refractivity (Wildman–Crippen MR) is 81.4 cm³/mol. The van der Waals surface area contributed by atoms with E-state index in [1.807, 2.05) is 7.05 Å². The zero-order chi connectivity index (χ0) is 14.5. The number of nitrogens with one attached hydrogen (secondary N) is 2. The standard InChI is InChI=1S/C13H18Cl2N4O/c1-16-10-3-2-4-19(7-10)8-12(20)18-13-11(15)5-9(14)6-17-13/h5-6,10,16H,2-4,7-8H2,1H3,(H,17,18,20). The van der Waals surface area contributed by atoms with Gasteiger partial charge in [-0.25, -0.2) is 4.98 Å². The maximum atomic E-state index is 12.0. The molecule has 5 nitrogen and oxygen atoms in total. The lowest BCUT2D eigenvalue weighted by atomic mass is 10.1. The zero-order valence-corrected chi connectivity index (χ0v) is 12.8. The van der Waals surface area contributed by atoms with Crippen LogP contribution in [0.1, 0.15) is 12.8 Å². The molecule has 1 unspecified atom stereocenters. The summed E-state index contributed by atoms with van der Waals surface area (Å²) in [7, 11) is 1.95. The Bertz CT molecular complexity index is 483. The van der Waals surface area contributed by atoms with Gasteiger partial charge in [-0.2, -0.15) is 0 Å². The fourth-order valence-corrected chi connectivity index (χ4v) is 2.74. The van der Waals surface area contributed by atoms with Crippen LogP contribution in [0.15, 0.2) is 12.3 Å². The molecule has 7 heteroatoms. The lowest BCUT2D eigenvalue weighted by Crippen LogP contribution is -2.46. The molecule has 1 aliphatic heterocycles. The average Bonchev–Trinajstić information content (AvgIpc) is 2.42. The van der Waals surface area contributed by atoms with E-state index in [0.29, 0.717) is 28.4 Å². The van der Waals surface area contributed by atoms with Crippen molar-refractivity contribution in [3.63, 3.8) is 0 Å². The largest absolute Gasteiger partial charge is 0.316 e. The number of halogens is 2. The number of carbonyl (C=O) groups is 1. The van der Waals surface area contributed by atoms with Crippen LogP contribution in [0.3, 0.4) is 0 Å². The van der Waals surface area contributed by atoms with E-state index in [0.717, 1.165) is 25.9 Å². The van der Waals surface area contributed by atoms with Gasteiger partial charge in [0.05, 0.1) is 16.6 Å². The van der Waals surface area contributed by atoms with Crippen molar-refractivity contribution in [1.82, 2.24) is 15.2 Å². The highest BCUT2D eigenvalue weighted by molar-refractivity contribution is 6.36. The second-order valence-electron chi connectivity index (χ2n) is 4.90. The summed E-state index contributed by atoms with van der Waals surface area (Å²) in [6.07, 6.45) is 3.71. The van der Waals surface area contributed by atoms with Crippen LogP contribution in [0.5, 0.6) is 0 Å². The van der Waals surface area contributed by atoms with Crippen molar-refractivity contribution in [2.75, 3.05) is 32.0 Å². The van der Waals surface area contributed by atoms with Gasteiger partial charge in [-0.3, -0.25) is 9.69 Å². The van der Waals surface area contributed by atoms with E-state index in [1.54, 1.807) is 6.07 Å². The quantitative estimate of drug-likeness (QED) is 0.892. The van der Waals surface area contributed by atoms with Crippen molar-refractivity contribution >= 4 is 34.9 Å². The molecule has 2 rings (SSSR count). The molecular formula is C13H18Cl2N4O. The molecule has 1 aromatic heterocycles. The second-order valence-corrected chi connectivity index (χ2v) is 5.74. The molecule has 1 aliphatic rings. The van der Waals surface area contributed by atoms with Gasteiger partial charge in [0, 0.05) is 18.8 Å². The monoisotopic (exact) mass is 316 g/mol. The highest BCUT2D eigenvalue weighted by atomic mass is 35.5. The Balaban J connectivity index is 1.88. The molecule has 20 heavy (non-hydrogen) atoms. The number of piperidine rings is 1. The summed E-state index contributed by atoms with van der Waals surface area (Å²) in [5.41, 5.74) is 0. The molecule has 0 spiro atoms. The number of likely N-dealkylation sites (N-methyl/N-ethyl adjacent to an activating group) is 1. The molecule has 0 bridgehead atoms. The molecule has 110 valence electrons. The number of anilines is 1. The van der Waals surface area contributed by atoms with Gasteiger partial charge in [0.1, 0.15) is 0 Å². The molecule has 1 atom stereocenters. The van der Waals surface area contributed by atoms with Gasteiger partial charge >= 0.3 is 0 Å². The summed E-state index contributed by atoms with van der Waals surface area (Å²) >= 11 is 11.7. The van der Waals surface area contributed by atoms with E-state index in [4.69, 9.17) is 23.2 Å². The van der Waals surface area contributed by atoms with E-state index in [2.05, 4.69) is 20.5 Å². The number of hydrogen-bond donors (Lipinski definition) is 2. The first-order valence-electron chi connectivity index (χ1n) is 6.59. The Kier molecular flexibility index (Phi) is 5.60. The molecular weight excluding hydrogens is 299 g/mol. The van der Waals surface area contributed by atoms with E-state index in [1.165, 1.54) is 6.20 Å². The van der Waals surface area contributed by atoms with Crippen molar-refractivity contribution < 1.29 is 4.79 Å². The van der Waals surface area contributed by atoms with Gasteiger partial charge in [-0.1, -0.05) is 23.2 Å². The summed E-state index contributed by atoms with van der Waals surface area (Å²) in [6, 6.07) is 2.01. The van der Waals surface area contributed by atoms with Crippen molar-refractivity contribution in [3.05, 3.63) is 22.3 Å². The molecule has 1 amide bonds. The number of amides is 1. The molecule has 1 aromatic rings. The first kappa shape index (κ1) is 15.5. The summed E-state index contributed by atoms with van der Waals surface area (Å²) in [6.45, 7) is 2.16. The van der Waals surface area contributed by atoms with Gasteiger partial charge in [0.25, 0.3) is 0 Å². The van der Waals surface area contributed by atoms with Crippen LogP contribution in [-0.2, 0) is 4.79 Å². The molecule has 2 N–H and O–H groups in total. The number of rotatable bonds is 4. The molecule has 0 saturated carbocycles. The van der Waals surface area contributed by atoms with Crippen LogP contribution >= 0.6 is 23.2 Å². The molecule has 0 aliphatic carbocycles. The highest BCUT2D eigenvalue weighted by Gasteiger charge is 2.20. The van der Waals surface area contributed by atoms with Crippen LogP contribution in [-0.4, -0.2) is 48.5 Å². The van der Waals surface area contributed by atoms with Crippen LogP contribution < -0.4 is 10.6 Å². The Morgan fingerprint density at radius 2 is 2.35 bits per heavy atom. The fourth-order valence-electron chi connectivity index (χ4n) is 2.32. The van der Waals surface area contributed by atoms with Crippen molar-refractivity contribution in [1.29, 1.82) is 0 Å². The first-order valence-corrected chi connectivity index (χ1v) is 7.34. The van der Waals surface area contributed by atoms with Gasteiger partial charge in [0.15, 0.2) is 5.82 Å². The minimum absolute atomic E-state index is 0.113. The molecule has 1 fully saturated rings. The van der Waals surface area contributed by atoms with E-state index < -0.39 is 0 Å². The summed E-state index contributed by atoms with van der Waals surface area (Å²) < 4.78 is 0. The Labute approximate surface area is 128 Å². The number of hydrogen-bond acceptors (Lipinski definition) is 4. The van der Waals surface area contributed by atoms with Gasteiger partial charge < -0.3 is 10.6 Å². The normalized spacial score (nSPS) is 19.9. The third-order valence-electron chi connectivity index (χ3n) is 3.35. The van der Waals surface area contributed by atoms with Crippen LogP contribution in [0.25, 0.3) is 0 Å². The Morgan fingerprint density at radius 3 is 3.05 bits per heavy atom. The topological polar surface area (TPSA) is 57.3 Å². The third kappa shape index (κ3) is 4.31. The minimum atomic E-state index is -0.113. The number of carbonyl (C=O) groups excluding carboxylic acids is 1. The van der Waals surface area contributed by atoms with Crippen LogP contribution in [0.2, 0.25) is 10.0 Å². The fraction of sp³-hybridized carbons (Fsp3) is 0.538. The van der Waals surface area contributed by atoms with Crippen molar-refractivity contribution in [3.8, 4) is 0 Å². The van der Waals surface area contributed by atoms with E-state index in [9.17, 15) is 4.79 Å². The molecule has 2 heterocycles. The number of nitrogens with zero attached hydrogens (tertiary/aromatic N) is 2. The Morgan fingerprint density at radius 1 is 1.55 bits per heavy atom. The second kappa shape index (κ2) is 7.22. The number of aromatic nitrogens is 1. The lowest BCUT2D eigenvalue weighted by molar-refractivity contribution is -0.117. The maximum Gasteiger partial charge on any atom is 0.239 e. The number of likely N-dealkylation sites (tertiary alicyclic amines) is 1. The first-order chi connectivity index (χ1) is 9.58. The minimum Gasteiger partial charge on any atom is -0.316 e. The molecule has 0 aromatic carbocycles. The number of pyridine rings is 1. The molecule has 0 radical (unpaired) electrons. The van der Waals surface area contributed by atoms with Gasteiger partial charge in [-0.05, 0) is 32.5 Å². The molecule has 1 saturated heterocycles. The predicted octanol–water partition coefficient (Wildman–Crippen LogP) is 2.01. The van der Waals surface area contributed by atoms with E-state index >= 15 is 0 Å². The van der Waals surface area contributed by atoms with Crippen molar-refractivity contribution in [2.45, 2.75) is 18.9 Å². The van der Waals surface area contributed by atoms with Crippen LogP contribution in [0, 0.1) is 0 Å². The van der Waals surface area contributed by atoms with Gasteiger partial charge in [0.2, 0.25) is 5.91 Å².